The summed E-state index contributed by atoms with van der Waals surface area (Å²) in [5.74, 6) is 2.46. The van der Waals surface area contributed by atoms with Gasteiger partial charge in [0, 0.05) is 28.8 Å². The summed E-state index contributed by atoms with van der Waals surface area (Å²) in [6.07, 6.45) is 20.0. The van der Waals surface area contributed by atoms with E-state index in [0.29, 0.717) is 64.5 Å². The normalized spacial score (nSPS) is 23.6. The lowest BCUT2D eigenvalue weighted by Crippen LogP contribution is -2.45. The monoisotopic (exact) mass is 895 g/mol. The predicted octanol–water partition coefficient (Wildman–Crippen LogP) is 7.97. The number of ether oxygens (including phenoxy) is 3. The number of imide groups is 1. The molecule has 65 heavy (non-hydrogen) atoms. The van der Waals surface area contributed by atoms with Gasteiger partial charge < -0.3 is 29.4 Å². The van der Waals surface area contributed by atoms with E-state index < -0.39 is 5.41 Å². The van der Waals surface area contributed by atoms with Crippen LogP contribution in [0.3, 0.4) is 0 Å². The summed E-state index contributed by atoms with van der Waals surface area (Å²) >= 11 is 1.53. The molecule has 2 spiro atoms. The molecule has 4 aliphatic carbocycles. The second kappa shape index (κ2) is 16.8. The average Bonchev–Trinajstić information content (AvgIpc) is 3.79. The SMILES string of the molecule is N#Cc1c(N)sc2c1[C@@]1(CCC2)CCCc2c(-c3nc(OCC4(CN5CCC6(CCC(Oc7ccc(C8CCC(=O)NC8=O)cc7)CC6)CC5)CC4)cc(Oc4cncnc4)n3)noc21. The van der Waals surface area contributed by atoms with E-state index in [-0.39, 0.29) is 29.3 Å². The van der Waals surface area contributed by atoms with Crippen LogP contribution in [0.5, 0.6) is 23.3 Å². The van der Waals surface area contributed by atoms with Crippen LogP contribution in [-0.4, -0.2) is 74.2 Å². The summed E-state index contributed by atoms with van der Waals surface area (Å²) in [7, 11) is 0. The van der Waals surface area contributed by atoms with Crippen LogP contribution in [0.15, 0.2) is 53.6 Å². The van der Waals surface area contributed by atoms with Crippen molar-refractivity contribution in [3.8, 4) is 40.8 Å². The van der Waals surface area contributed by atoms with E-state index in [1.54, 1.807) is 18.5 Å². The first-order valence-electron chi connectivity index (χ1n) is 23.3. The number of hydrogen-bond acceptors (Lipinski definition) is 15. The number of thiophene rings is 1. The van der Waals surface area contributed by atoms with Crippen LogP contribution in [0.25, 0.3) is 11.5 Å². The van der Waals surface area contributed by atoms with Crippen LogP contribution < -0.4 is 25.3 Å². The second-order valence-corrected chi connectivity index (χ2v) is 20.5. The number of nitriles is 1. The van der Waals surface area contributed by atoms with Gasteiger partial charge in [0.25, 0.3) is 0 Å². The maximum atomic E-state index is 12.3. The van der Waals surface area contributed by atoms with Gasteiger partial charge >= 0.3 is 0 Å². The van der Waals surface area contributed by atoms with Crippen LogP contribution in [0.2, 0.25) is 0 Å². The molecule has 336 valence electrons. The number of hydrogen-bond donors (Lipinski definition) is 2. The summed E-state index contributed by atoms with van der Waals surface area (Å²) in [5.41, 5.74) is 10.4. The maximum absolute atomic E-state index is 12.3. The smallest absolute Gasteiger partial charge is 0.234 e. The molecule has 0 bridgehead atoms. The van der Waals surface area contributed by atoms with Crippen molar-refractivity contribution in [2.75, 3.05) is 32.0 Å². The molecule has 2 atom stereocenters. The van der Waals surface area contributed by atoms with E-state index in [1.165, 1.54) is 48.2 Å². The number of amides is 2. The molecule has 6 heterocycles. The number of nitrogens with one attached hydrogen (secondary N) is 1. The standard InChI is InChI=1S/C49H53N9O6S/c50-24-36-41-37(65-44(36)51)4-2-14-49(41)13-1-3-35-42(57-64-43(35)49)45-55-39(23-40(56-45)63-33-25-52-29-53-26-33)61-28-48(17-18-48)27-58-21-19-47(20-22-58)15-11-32(12-16-47)62-31-7-5-30(6-8-31)34-9-10-38(59)54-46(34)60/h5-8,23,25-26,29,32,34H,1-4,9-22,27-28,51H2,(H,54,59,60)/t34?,49-/m0/s1. The van der Waals surface area contributed by atoms with Crippen molar-refractivity contribution in [1.29, 1.82) is 5.26 Å². The average molecular weight is 896 g/mol. The minimum atomic E-state index is -0.461. The number of piperidine rings is 2. The van der Waals surface area contributed by atoms with Crippen LogP contribution >= 0.6 is 11.3 Å². The number of likely N-dealkylation sites (tertiary alicyclic amines) is 1. The maximum Gasteiger partial charge on any atom is 0.234 e. The molecule has 3 N–H and O–H groups in total. The Balaban J connectivity index is 0.736. The van der Waals surface area contributed by atoms with Crippen LogP contribution in [0, 0.1) is 22.2 Å². The number of carbonyl (C=O) groups excluding carboxylic acids is 2. The topological polar surface area (TPSA) is 204 Å². The van der Waals surface area contributed by atoms with Gasteiger partial charge in [-0.15, -0.1) is 11.3 Å². The van der Waals surface area contributed by atoms with Crippen LogP contribution in [-0.2, 0) is 27.8 Å². The highest BCUT2D eigenvalue weighted by Gasteiger charge is 2.50. The fourth-order valence-electron chi connectivity index (χ4n) is 11.5. The van der Waals surface area contributed by atoms with Gasteiger partial charge in [-0.25, -0.2) is 9.97 Å². The minimum Gasteiger partial charge on any atom is -0.490 e. The molecule has 1 unspecified atom stereocenters. The Morgan fingerprint density at radius 1 is 0.908 bits per heavy atom. The molecular weight excluding hydrogens is 843 g/mol. The molecule has 0 radical (unpaired) electrons. The summed E-state index contributed by atoms with van der Waals surface area (Å²) in [6.45, 7) is 3.69. The third kappa shape index (κ3) is 8.11. The Kier molecular flexibility index (Phi) is 10.8. The summed E-state index contributed by atoms with van der Waals surface area (Å²) in [6, 6.07) is 12.0. The number of nitrogens with two attached hydrogens (primary N) is 1. The van der Waals surface area contributed by atoms with E-state index in [0.717, 1.165) is 112 Å². The van der Waals surface area contributed by atoms with E-state index in [4.69, 9.17) is 34.4 Å². The lowest BCUT2D eigenvalue weighted by atomic mass is 9.63. The van der Waals surface area contributed by atoms with Crippen molar-refractivity contribution < 1.29 is 28.3 Å². The van der Waals surface area contributed by atoms with Gasteiger partial charge in [0.15, 0.2) is 23.0 Å². The highest BCUT2D eigenvalue weighted by molar-refractivity contribution is 7.16. The third-order valence-electron chi connectivity index (χ3n) is 15.3. The molecule has 6 aliphatic rings. The van der Waals surface area contributed by atoms with Gasteiger partial charge in [-0.1, -0.05) is 17.3 Å². The Labute approximate surface area is 381 Å². The van der Waals surface area contributed by atoms with E-state index in [1.807, 2.05) is 24.3 Å². The Hall–Kier alpha value is -5.92. The molecular formula is C49H53N9O6S. The highest BCUT2D eigenvalue weighted by atomic mass is 32.1. The van der Waals surface area contributed by atoms with Crippen LogP contribution in [0.4, 0.5) is 5.00 Å². The number of rotatable bonds is 11. The first-order valence-corrected chi connectivity index (χ1v) is 24.1. The first-order chi connectivity index (χ1) is 31.7. The molecule has 2 saturated carbocycles. The van der Waals surface area contributed by atoms with Gasteiger partial charge in [-0.2, -0.15) is 15.2 Å². The number of benzene rings is 1. The Morgan fingerprint density at radius 2 is 1.66 bits per heavy atom. The molecule has 4 aromatic heterocycles. The number of aromatic nitrogens is 5. The van der Waals surface area contributed by atoms with Gasteiger partial charge in [-0.3, -0.25) is 14.9 Å². The molecule has 2 aliphatic heterocycles. The van der Waals surface area contributed by atoms with E-state index >= 15 is 0 Å². The van der Waals surface area contributed by atoms with Crippen LogP contribution in [0.1, 0.15) is 129 Å². The van der Waals surface area contributed by atoms with Gasteiger partial charge in [0.05, 0.1) is 48.1 Å². The third-order valence-corrected chi connectivity index (χ3v) is 16.4. The van der Waals surface area contributed by atoms with Gasteiger partial charge in [-0.05, 0) is 138 Å². The Morgan fingerprint density at radius 3 is 2.40 bits per heavy atom. The number of aryl methyl sites for hydroxylation is 1. The van der Waals surface area contributed by atoms with Crippen molar-refractivity contribution in [3.05, 3.63) is 81.9 Å². The van der Waals surface area contributed by atoms with Crippen molar-refractivity contribution in [2.24, 2.45) is 10.8 Å². The predicted molar refractivity (Wildman–Crippen MR) is 239 cm³/mol. The zero-order chi connectivity index (χ0) is 44.2. The van der Waals surface area contributed by atoms with E-state index in [9.17, 15) is 14.9 Å². The second-order valence-electron chi connectivity index (χ2n) is 19.4. The molecule has 2 saturated heterocycles. The molecule has 2 amide bonds. The summed E-state index contributed by atoms with van der Waals surface area (Å²) < 4.78 is 25.5. The van der Waals surface area contributed by atoms with Crippen molar-refractivity contribution in [2.45, 2.75) is 120 Å². The largest absolute Gasteiger partial charge is 0.490 e. The molecule has 4 fully saturated rings. The molecule has 11 rings (SSSR count). The fourth-order valence-corrected chi connectivity index (χ4v) is 12.7. The number of carbonyl (C=O) groups is 2. The number of anilines is 1. The minimum absolute atomic E-state index is 0.0577. The van der Waals surface area contributed by atoms with Crippen molar-refractivity contribution in [1.82, 2.24) is 35.3 Å². The van der Waals surface area contributed by atoms with E-state index in [2.05, 4.69) is 31.4 Å². The Bertz CT molecular complexity index is 2640. The quantitative estimate of drug-likeness (QED) is 0.121. The molecule has 1 aromatic carbocycles. The van der Waals surface area contributed by atoms with Gasteiger partial charge in [0.2, 0.25) is 23.6 Å². The number of nitrogens with zero attached hydrogens (tertiary/aromatic N) is 7. The molecule has 15 nitrogen and oxygen atoms in total. The summed E-state index contributed by atoms with van der Waals surface area (Å²) in [4.78, 5) is 45.8. The fraction of sp³-hybridized carbons (Fsp3) is 0.510. The number of nitrogen functional groups attached to an aromatic ring is 1. The molecule has 16 heteroatoms. The van der Waals surface area contributed by atoms with Gasteiger partial charge in [0.1, 0.15) is 23.1 Å². The lowest BCUT2D eigenvalue weighted by Gasteiger charge is -2.46. The highest BCUT2D eigenvalue weighted by Crippen LogP contribution is 2.55. The van der Waals surface area contributed by atoms with Crippen molar-refractivity contribution in [3.63, 3.8) is 0 Å². The molecule has 5 aromatic rings. The van der Waals surface area contributed by atoms with Crippen molar-refractivity contribution >= 4 is 28.2 Å². The first kappa shape index (κ1) is 41.8. The zero-order valence-corrected chi connectivity index (χ0v) is 37.3. The zero-order valence-electron chi connectivity index (χ0n) is 36.5. The number of fused-ring (bicyclic) bond motifs is 4. The lowest BCUT2D eigenvalue weighted by molar-refractivity contribution is -0.134. The summed E-state index contributed by atoms with van der Waals surface area (Å²) in [5, 5.41) is 17.9.